The van der Waals surface area contributed by atoms with Crippen molar-refractivity contribution in [2.75, 3.05) is 13.1 Å². The Bertz CT molecular complexity index is 399. The fourth-order valence-electron chi connectivity index (χ4n) is 4.03. The Morgan fingerprint density at radius 3 is 2.89 bits per heavy atom. The average Bonchev–Trinajstić information content (AvgIpc) is 2.68. The summed E-state index contributed by atoms with van der Waals surface area (Å²) < 4.78 is 0. The van der Waals surface area contributed by atoms with E-state index in [1.807, 2.05) is 0 Å². The summed E-state index contributed by atoms with van der Waals surface area (Å²) in [5, 5.41) is 3.68. The van der Waals surface area contributed by atoms with Crippen LogP contribution in [0.1, 0.15) is 32.3 Å². The second kappa shape index (κ2) is 4.67. The molecule has 2 fully saturated rings. The minimum atomic E-state index is 0.479. The first-order valence-corrected chi connectivity index (χ1v) is 7.20. The zero-order valence-electron chi connectivity index (χ0n) is 11.5. The van der Waals surface area contributed by atoms with E-state index in [-0.39, 0.29) is 0 Å². The van der Waals surface area contributed by atoms with E-state index in [2.05, 4.69) is 54.4 Å². The van der Waals surface area contributed by atoms with E-state index in [1.54, 1.807) is 0 Å². The van der Waals surface area contributed by atoms with Gasteiger partial charge < -0.3 is 5.32 Å². The third kappa shape index (κ3) is 2.08. The van der Waals surface area contributed by atoms with E-state index in [0.29, 0.717) is 17.5 Å². The van der Waals surface area contributed by atoms with Crippen LogP contribution in [0.5, 0.6) is 0 Å². The maximum Gasteiger partial charge on any atom is 0.0316 e. The van der Waals surface area contributed by atoms with Crippen LogP contribution < -0.4 is 5.32 Å². The summed E-state index contributed by atoms with van der Waals surface area (Å²) in [6.45, 7) is 8.35. The average molecular weight is 244 g/mol. The molecule has 2 saturated heterocycles. The Labute approximate surface area is 110 Å². The predicted octanol–water partition coefficient (Wildman–Crippen LogP) is 2.65. The molecular formula is C16H24N2. The molecule has 0 saturated carbocycles. The molecule has 2 heteroatoms. The summed E-state index contributed by atoms with van der Waals surface area (Å²) in [6.07, 6.45) is 2.72. The van der Waals surface area contributed by atoms with Crippen LogP contribution >= 0.6 is 0 Å². The minimum absolute atomic E-state index is 0.479. The van der Waals surface area contributed by atoms with Crippen LogP contribution in [0.15, 0.2) is 30.3 Å². The fraction of sp³-hybridized carbons (Fsp3) is 0.625. The van der Waals surface area contributed by atoms with E-state index in [9.17, 15) is 0 Å². The van der Waals surface area contributed by atoms with Gasteiger partial charge in [-0.25, -0.2) is 0 Å². The summed E-state index contributed by atoms with van der Waals surface area (Å²) in [5.74, 6) is 0. The molecule has 3 rings (SSSR count). The Kier molecular flexibility index (Phi) is 3.16. The normalized spacial score (nSPS) is 36.6. The van der Waals surface area contributed by atoms with E-state index in [0.717, 1.165) is 6.54 Å². The summed E-state index contributed by atoms with van der Waals surface area (Å²) in [4.78, 5) is 2.70. The second-order valence-electron chi connectivity index (χ2n) is 6.33. The number of nitrogens with one attached hydrogen (secondary N) is 1. The minimum Gasteiger partial charge on any atom is -0.312 e. The lowest BCUT2D eigenvalue weighted by Crippen LogP contribution is -2.52. The smallest absolute Gasteiger partial charge is 0.0316 e. The van der Waals surface area contributed by atoms with Gasteiger partial charge in [-0.2, -0.15) is 0 Å². The van der Waals surface area contributed by atoms with Crippen molar-refractivity contribution in [1.29, 1.82) is 0 Å². The molecule has 1 N–H and O–H groups in total. The Morgan fingerprint density at radius 1 is 1.33 bits per heavy atom. The third-order valence-electron chi connectivity index (χ3n) is 4.83. The van der Waals surface area contributed by atoms with E-state index < -0.39 is 0 Å². The molecule has 18 heavy (non-hydrogen) atoms. The topological polar surface area (TPSA) is 15.3 Å². The van der Waals surface area contributed by atoms with Gasteiger partial charge in [-0.1, -0.05) is 37.3 Å². The third-order valence-corrected chi connectivity index (χ3v) is 4.83. The molecule has 0 bridgehead atoms. The SMILES string of the molecule is C[C@@H]1NC[C@@]2(C)CCCN(Cc3ccccc3)C12. The van der Waals surface area contributed by atoms with Crippen LogP contribution in [-0.4, -0.2) is 30.1 Å². The Hall–Kier alpha value is -0.860. The van der Waals surface area contributed by atoms with Gasteiger partial charge in [-0.3, -0.25) is 4.90 Å². The molecule has 1 aromatic rings. The second-order valence-corrected chi connectivity index (χ2v) is 6.33. The lowest BCUT2D eigenvalue weighted by molar-refractivity contribution is 0.0440. The maximum atomic E-state index is 3.68. The molecule has 0 aliphatic carbocycles. The molecule has 1 aromatic carbocycles. The predicted molar refractivity (Wildman–Crippen MR) is 75.4 cm³/mol. The molecule has 2 aliphatic heterocycles. The number of benzene rings is 1. The summed E-state index contributed by atoms with van der Waals surface area (Å²) in [7, 11) is 0. The van der Waals surface area contributed by atoms with E-state index in [4.69, 9.17) is 0 Å². The fourth-order valence-corrected chi connectivity index (χ4v) is 4.03. The largest absolute Gasteiger partial charge is 0.312 e. The lowest BCUT2D eigenvalue weighted by atomic mass is 9.75. The van der Waals surface area contributed by atoms with Crippen LogP contribution in [0.3, 0.4) is 0 Å². The molecule has 2 nitrogen and oxygen atoms in total. The van der Waals surface area contributed by atoms with E-state index >= 15 is 0 Å². The molecule has 0 radical (unpaired) electrons. The van der Waals surface area contributed by atoms with Gasteiger partial charge in [-0.05, 0) is 37.3 Å². The van der Waals surface area contributed by atoms with Gasteiger partial charge in [0.05, 0.1) is 0 Å². The number of piperidine rings is 1. The molecule has 2 aliphatic rings. The first kappa shape index (κ1) is 12.2. The Morgan fingerprint density at radius 2 is 2.11 bits per heavy atom. The lowest BCUT2D eigenvalue weighted by Gasteiger charge is -2.45. The van der Waals surface area contributed by atoms with Crippen LogP contribution in [0.25, 0.3) is 0 Å². The van der Waals surface area contributed by atoms with Crippen LogP contribution in [0.2, 0.25) is 0 Å². The molecule has 3 atom stereocenters. The van der Waals surface area contributed by atoms with Crippen LogP contribution in [0.4, 0.5) is 0 Å². The van der Waals surface area contributed by atoms with Crippen molar-refractivity contribution in [1.82, 2.24) is 10.2 Å². The first-order valence-electron chi connectivity index (χ1n) is 7.20. The zero-order valence-corrected chi connectivity index (χ0v) is 11.5. The summed E-state index contributed by atoms with van der Waals surface area (Å²) in [6, 6.07) is 12.2. The Balaban J connectivity index is 1.79. The molecule has 0 amide bonds. The van der Waals surface area contributed by atoms with Crippen molar-refractivity contribution in [3.8, 4) is 0 Å². The van der Waals surface area contributed by atoms with Gasteiger partial charge in [0.1, 0.15) is 0 Å². The van der Waals surface area contributed by atoms with Gasteiger partial charge in [0.25, 0.3) is 0 Å². The first-order chi connectivity index (χ1) is 8.69. The highest BCUT2D eigenvalue weighted by atomic mass is 15.2. The monoisotopic (exact) mass is 244 g/mol. The van der Waals surface area contributed by atoms with Crippen molar-refractivity contribution in [3.05, 3.63) is 35.9 Å². The number of hydrogen-bond acceptors (Lipinski definition) is 2. The zero-order chi connectivity index (χ0) is 12.6. The van der Waals surface area contributed by atoms with Crippen LogP contribution in [-0.2, 0) is 6.54 Å². The standard InChI is InChI=1S/C16H24N2/c1-13-15-16(2,12-17-13)9-6-10-18(15)11-14-7-4-3-5-8-14/h3-5,7-8,13,15,17H,6,9-12H2,1-2H3/t13-,15?,16+/m0/s1. The van der Waals surface area contributed by atoms with Crippen molar-refractivity contribution < 1.29 is 0 Å². The molecule has 0 spiro atoms. The van der Waals surface area contributed by atoms with Gasteiger partial charge in [-0.15, -0.1) is 0 Å². The van der Waals surface area contributed by atoms with E-state index in [1.165, 1.54) is 31.5 Å². The molecule has 0 aromatic heterocycles. The van der Waals surface area contributed by atoms with Crippen molar-refractivity contribution >= 4 is 0 Å². The number of hydrogen-bond donors (Lipinski definition) is 1. The quantitative estimate of drug-likeness (QED) is 0.860. The van der Waals surface area contributed by atoms with Gasteiger partial charge >= 0.3 is 0 Å². The maximum absolute atomic E-state index is 3.68. The summed E-state index contributed by atoms with van der Waals surface area (Å²) in [5.41, 5.74) is 1.92. The highest BCUT2D eigenvalue weighted by molar-refractivity contribution is 5.16. The highest BCUT2D eigenvalue weighted by Crippen LogP contribution is 2.41. The number of fused-ring (bicyclic) bond motifs is 1. The number of rotatable bonds is 2. The number of nitrogens with zero attached hydrogens (tertiary/aromatic N) is 1. The van der Waals surface area contributed by atoms with Crippen molar-refractivity contribution in [2.45, 2.75) is 45.3 Å². The molecular weight excluding hydrogens is 220 g/mol. The van der Waals surface area contributed by atoms with Crippen molar-refractivity contribution in [3.63, 3.8) is 0 Å². The highest BCUT2D eigenvalue weighted by Gasteiger charge is 2.47. The van der Waals surface area contributed by atoms with Crippen LogP contribution in [0, 0.1) is 5.41 Å². The van der Waals surface area contributed by atoms with Gasteiger partial charge in [0.2, 0.25) is 0 Å². The van der Waals surface area contributed by atoms with Gasteiger partial charge in [0, 0.05) is 25.2 Å². The molecule has 1 unspecified atom stereocenters. The molecule has 98 valence electrons. The van der Waals surface area contributed by atoms with Gasteiger partial charge in [0.15, 0.2) is 0 Å². The molecule has 2 heterocycles. The summed E-state index contributed by atoms with van der Waals surface area (Å²) >= 11 is 0. The number of likely N-dealkylation sites (tertiary alicyclic amines) is 1. The van der Waals surface area contributed by atoms with Crippen molar-refractivity contribution in [2.24, 2.45) is 5.41 Å².